The van der Waals surface area contributed by atoms with Gasteiger partial charge >= 0.3 is 0 Å². The Bertz CT molecular complexity index is 1440. The maximum absolute atomic E-state index is 12.4. The Labute approximate surface area is 184 Å². The Morgan fingerprint density at radius 2 is 1.97 bits per heavy atom. The fourth-order valence-electron chi connectivity index (χ4n) is 3.37. The van der Waals surface area contributed by atoms with Crippen molar-refractivity contribution in [1.29, 1.82) is 0 Å². The molecule has 1 saturated carbocycles. The Kier molecular flexibility index (Phi) is 4.93. The van der Waals surface area contributed by atoms with Gasteiger partial charge in [0.15, 0.2) is 0 Å². The lowest BCUT2D eigenvalue weighted by Gasteiger charge is -2.07. The highest BCUT2D eigenvalue weighted by atomic mass is 32.2. The molecule has 10 heteroatoms. The smallest absolute Gasteiger partial charge is 0.253 e. The van der Waals surface area contributed by atoms with E-state index in [1.54, 1.807) is 12.4 Å². The number of aromatic nitrogens is 5. The molecule has 1 N–H and O–H groups in total. The summed E-state index contributed by atoms with van der Waals surface area (Å²) in [4.78, 5) is 30.5. The van der Waals surface area contributed by atoms with Crippen molar-refractivity contribution >= 4 is 26.8 Å². The van der Waals surface area contributed by atoms with Crippen LogP contribution in [0.5, 0.6) is 0 Å². The second kappa shape index (κ2) is 7.79. The van der Waals surface area contributed by atoms with E-state index in [1.165, 1.54) is 18.5 Å². The van der Waals surface area contributed by atoms with Crippen molar-refractivity contribution < 1.29 is 13.2 Å². The van der Waals surface area contributed by atoms with Crippen LogP contribution in [0.15, 0.2) is 55.2 Å². The molecule has 0 unspecified atom stereocenters. The molecule has 1 fully saturated rings. The first-order valence-electron chi connectivity index (χ1n) is 10.1. The third-order valence-electron chi connectivity index (χ3n) is 5.28. The number of nitrogens with zero attached hydrogens (tertiary/aromatic N) is 5. The van der Waals surface area contributed by atoms with Crippen LogP contribution >= 0.6 is 0 Å². The summed E-state index contributed by atoms with van der Waals surface area (Å²) in [7, 11) is -3.43. The van der Waals surface area contributed by atoms with Crippen LogP contribution in [-0.4, -0.2) is 44.5 Å². The van der Waals surface area contributed by atoms with Crippen LogP contribution in [0.1, 0.15) is 40.5 Å². The third kappa shape index (κ3) is 4.22. The van der Waals surface area contributed by atoms with Gasteiger partial charge in [-0.1, -0.05) is 0 Å². The zero-order valence-corrected chi connectivity index (χ0v) is 18.1. The lowest BCUT2D eigenvalue weighted by molar-refractivity contribution is 0.0950. The standard InChI is InChI=1S/C22H20N6O3S/c1-32(30,31)28-7-6-16(13-28)22(29)25-10-17-8-19-15(9-24-17)4-5-18(26-19)21-12-23-11-20(27-21)14-2-3-14/h4-9,11-14H,2-3,10H2,1H3,(H,25,29). The summed E-state index contributed by atoms with van der Waals surface area (Å²) in [5.41, 5.74) is 4.10. The van der Waals surface area contributed by atoms with E-state index in [9.17, 15) is 13.2 Å². The number of amides is 1. The molecular formula is C22H20N6O3S. The van der Waals surface area contributed by atoms with E-state index in [2.05, 4.69) is 15.3 Å². The number of carbonyl (C=O) groups is 1. The Balaban J connectivity index is 1.34. The quantitative estimate of drug-likeness (QED) is 0.481. The first kappa shape index (κ1) is 20.3. The van der Waals surface area contributed by atoms with Crippen molar-refractivity contribution in [3.05, 3.63) is 72.2 Å². The van der Waals surface area contributed by atoms with Crippen LogP contribution in [0, 0.1) is 0 Å². The minimum atomic E-state index is -3.43. The topological polar surface area (TPSA) is 120 Å². The molecular weight excluding hydrogens is 428 g/mol. The van der Waals surface area contributed by atoms with Gasteiger partial charge in [-0.25, -0.2) is 18.4 Å². The molecule has 0 spiro atoms. The van der Waals surface area contributed by atoms with Gasteiger partial charge in [-0.15, -0.1) is 0 Å². The predicted octanol–water partition coefficient (Wildman–Crippen LogP) is 2.50. The summed E-state index contributed by atoms with van der Waals surface area (Å²) in [5, 5.41) is 3.63. The van der Waals surface area contributed by atoms with E-state index in [0.29, 0.717) is 11.6 Å². The largest absolute Gasteiger partial charge is 0.346 e. The molecule has 4 aromatic rings. The third-order valence-corrected chi connectivity index (χ3v) is 6.28. The molecule has 0 aliphatic heterocycles. The van der Waals surface area contributed by atoms with Crippen LogP contribution in [0.2, 0.25) is 0 Å². The van der Waals surface area contributed by atoms with E-state index in [-0.39, 0.29) is 18.0 Å². The molecule has 1 aliphatic rings. The molecule has 1 amide bonds. The van der Waals surface area contributed by atoms with Crippen LogP contribution in [0.3, 0.4) is 0 Å². The van der Waals surface area contributed by atoms with E-state index < -0.39 is 10.0 Å². The molecule has 4 aromatic heterocycles. The summed E-state index contributed by atoms with van der Waals surface area (Å²) in [6, 6.07) is 7.11. The maximum atomic E-state index is 12.4. The van der Waals surface area contributed by atoms with Crippen molar-refractivity contribution in [3.8, 4) is 11.4 Å². The highest BCUT2D eigenvalue weighted by molar-refractivity contribution is 7.89. The molecule has 162 valence electrons. The van der Waals surface area contributed by atoms with Gasteiger partial charge in [0, 0.05) is 36.1 Å². The van der Waals surface area contributed by atoms with Crippen molar-refractivity contribution in [1.82, 2.24) is 29.2 Å². The summed E-state index contributed by atoms with van der Waals surface area (Å²) >= 11 is 0. The number of hydrogen-bond donors (Lipinski definition) is 1. The average molecular weight is 449 g/mol. The Morgan fingerprint density at radius 3 is 2.72 bits per heavy atom. The maximum Gasteiger partial charge on any atom is 0.253 e. The van der Waals surface area contributed by atoms with E-state index >= 15 is 0 Å². The van der Waals surface area contributed by atoms with Gasteiger partial charge in [-0.05, 0) is 37.1 Å². The van der Waals surface area contributed by atoms with E-state index in [4.69, 9.17) is 9.97 Å². The molecule has 4 heterocycles. The summed E-state index contributed by atoms with van der Waals surface area (Å²) in [5.74, 6) is 0.125. The number of fused-ring (bicyclic) bond motifs is 1. The number of pyridine rings is 2. The first-order valence-corrected chi connectivity index (χ1v) is 12.0. The lowest BCUT2D eigenvalue weighted by atomic mass is 10.2. The number of hydrogen-bond acceptors (Lipinski definition) is 7. The molecule has 0 atom stereocenters. The van der Waals surface area contributed by atoms with E-state index in [0.717, 1.165) is 51.1 Å². The Morgan fingerprint density at radius 1 is 1.12 bits per heavy atom. The zero-order valence-electron chi connectivity index (χ0n) is 17.3. The van der Waals surface area contributed by atoms with Crippen molar-refractivity contribution in [3.63, 3.8) is 0 Å². The lowest BCUT2D eigenvalue weighted by Crippen LogP contribution is -2.23. The minimum Gasteiger partial charge on any atom is -0.346 e. The van der Waals surface area contributed by atoms with Gasteiger partial charge < -0.3 is 5.32 Å². The monoisotopic (exact) mass is 448 g/mol. The molecule has 0 radical (unpaired) electrons. The number of rotatable bonds is 6. The van der Waals surface area contributed by atoms with E-state index in [1.807, 2.05) is 24.4 Å². The van der Waals surface area contributed by atoms with Crippen molar-refractivity contribution in [2.75, 3.05) is 6.26 Å². The van der Waals surface area contributed by atoms with Gasteiger partial charge in [0.25, 0.3) is 5.91 Å². The van der Waals surface area contributed by atoms with Crippen LogP contribution in [0.4, 0.5) is 0 Å². The molecule has 32 heavy (non-hydrogen) atoms. The second-order valence-corrected chi connectivity index (χ2v) is 9.73. The summed E-state index contributed by atoms with van der Waals surface area (Å²) in [6.07, 6.45) is 11.2. The fourth-order valence-corrected chi connectivity index (χ4v) is 3.95. The fraction of sp³-hybridized carbons (Fsp3) is 0.227. The Hall–Kier alpha value is -3.66. The predicted molar refractivity (Wildman–Crippen MR) is 118 cm³/mol. The second-order valence-electron chi connectivity index (χ2n) is 7.84. The van der Waals surface area contributed by atoms with Crippen LogP contribution in [-0.2, 0) is 16.6 Å². The molecule has 1 aliphatic carbocycles. The summed E-state index contributed by atoms with van der Waals surface area (Å²) < 4.78 is 24.1. The van der Waals surface area contributed by atoms with Gasteiger partial charge in [0.2, 0.25) is 10.0 Å². The molecule has 5 rings (SSSR count). The summed E-state index contributed by atoms with van der Waals surface area (Å²) in [6.45, 7) is 0.182. The van der Waals surface area contributed by atoms with Gasteiger partial charge in [0.05, 0.1) is 47.2 Å². The number of carbonyl (C=O) groups excluding carboxylic acids is 1. The van der Waals surface area contributed by atoms with Crippen LogP contribution in [0.25, 0.3) is 22.3 Å². The molecule has 0 bridgehead atoms. The molecule has 0 saturated heterocycles. The van der Waals surface area contributed by atoms with Crippen molar-refractivity contribution in [2.45, 2.75) is 25.3 Å². The van der Waals surface area contributed by atoms with Gasteiger partial charge in [-0.2, -0.15) is 0 Å². The average Bonchev–Trinajstić information content (AvgIpc) is 3.51. The zero-order chi connectivity index (χ0) is 22.3. The minimum absolute atomic E-state index is 0.182. The SMILES string of the molecule is CS(=O)(=O)n1ccc(C(=O)NCc2cc3nc(-c4cncc(C5CC5)n4)ccc3cn2)c1. The van der Waals surface area contributed by atoms with Crippen molar-refractivity contribution in [2.24, 2.45) is 0 Å². The highest BCUT2D eigenvalue weighted by Gasteiger charge is 2.25. The molecule has 0 aromatic carbocycles. The normalized spacial score (nSPS) is 13.9. The van der Waals surface area contributed by atoms with Gasteiger partial charge in [-0.3, -0.25) is 18.7 Å². The van der Waals surface area contributed by atoms with Gasteiger partial charge in [0.1, 0.15) is 5.69 Å². The highest BCUT2D eigenvalue weighted by Crippen LogP contribution is 2.39. The van der Waals surface area contributed by atoms with Crippen LogP contribution < -0.4 is 5.32 Å². The molecule has 9 nitrogen and oxygen atoms in total. The number of nitrogens with one attached hydrogen (secondary N) is 1. The first-order chi connectivity index (χ1) is 15.4.